The van der Waals surface area contributed by atoms with Crippen molar-refractivity contribution in [1.29, 1.82) is 0 Å². The topological polar surface area (TPSA) is 43.0 Å². The van der Waals surface area contributed by atoms with Gasteiger partial charge in [0.2, 0.25) is 0 Å². The van der Waals surface area contributed by atoms with E-state index in [-0.39, 0.29) is 32.5 Å². The van der Waals surface area contributed by atoms with Crippen molar-refractivity contribution in [1.82, 2.24) is 8.80 Å². The molecule has 4 fully saturated rings. The quantitative estimate of drug-likeness (QED) is 0.176. The van der Waals surface area contributed by atoms with Crippen molar-refractivity contribution in [3.05, 3.63) is 94.0 Å². The molecular weight excluding hydrogens is 853 g/mol. The fourth-order valence-corrected chi connectivity index (χ4v) is 17.7. The minimum Gasteiger partial charge on any atom is -0.308 e. The number of carbonyl (C=O) groups excluding carboxylic acids is 2. The monoisotopic (exact) mass is 925 g/mol. The van der Waals surface area contributed by atoms with Crippen LogP contribution in [0.1, 0.15) is 214 Å². The highest BCUT2D eigenvalue weighted by Gasteiger charge is 2.54. The van der Waals surface area contributed by atoms with Crippen LogP contribution in [0.3, 0.4) is 0 Å². The van der Waals surface area contributed by atoms with Crippen LogP contribution in [0.2, 0.25) is 0 Å². The minimum absolute atomic E-state index is 0.00161. The van der Waals surface area contributed by atoms with Crippen molar-refractivity contribution >= 4 is 87.8 Å². The SMILES string of the molecule is CC(C)C12CCC(C)(CC1)c1cc3c4cc(C5(C)CCCCC5)cc5c6cc7c(cc6n(c3cc1C2=O)c45)c1cc(C2(C)CCCCC2)cc2c3cc4c(cc3n7c21)C(=O)C1(C(C)C)CCC4(C)CC1. The number of carbonyl (C=O) groups is 2. The van der Waals surface area contributed by atoms with Crippen molar-refractivity contribution in [2.45, 2.75) is 193 Å². The second-order valence-corrected chi connectivity index (χ2v) is 26.9. The zero-order valence-corrected chi connectivity index (χ0v) is 43.4. The van der Waals surface area contributed by atoms with E-state index >= 15 is 9.59 Å². The number of Topliss-reactive ketones (excluding diaryl/α,β-unsaturated/α-hetero) is 2. The van der Waals surface area contributed by atoms with E-state index in [9.17, 15) is 0 Å². The molecule has 0 aliphatic heterocycles. The lowest BCUT2D eigenvalue weighted by Gasteiger charge is -2.42. The molecule has 4 nitrogen and oxygen atoms in total. The third-order valence-electron chi connectivity index (χ3n) is 22.9. The van der Waals surface area contributed by atoms with Crippen molar-refractivity contribution < 1.29 is 9.59 Å². The Morgan fingerprint density at radius 3 is 1.00 bits per heavy atom. The maximum absolute atomic E-state index is 15.3. The van der Waals surface area contributed by atoms with E-state index in [1.165, 1.54) is 163 Å². The number of hydrogen-bond donors (Lipinski definition) is 0. The van der Waals surface area contributed by atoms with Crippen LogP contribution in [0, 0.1) is 22.7 Å². The van der Waals surface area contributed by atoms with Crippen LogP contribution in [0.15, 0.2) is 60.7 Å². The van der Waals surface area contributed by atoms with Gasteiger partial charge in [0.1, 0.15) is 0 Å². The zero-order chi connectivity index (χ0) is 47.8. The molecule has 5 aromatic carbocycles. The number of nitrogens with zero attached hydrogens (tertiary/aromatic N) is 2. The van der Waals surface area contributed by atoms with Crippen molar-refractivity contribution in [3.63, 3.8) is 0 Å². The summed E-state index contributed by atoms with van der Waals surface area (Å²) in [6.45, 7) is 19.2. The molecule has 0 N–H and O–H groups in total. The van der Waals surface area contributed by atoms with Gasteiger partial charge in [-0.3, -0.25) is 9.59 Å². The molecule has 358 valence electrons. The molecule has 4 heterocycles. The van der Waals surface area contributed by atoms with E-state index in [0.29, 0.717) is 23.4 Å². The Morgan fingerprint density at radius 1 is 0.357 bits per heavy atom. The summed E-state index contributed by atoms with van der Waals surface area (Å²) in [6, 6.07) is 25.3. The molecule has 0 amide bonds. The van der Waals surface area contributed by atoms with Gasteiger partial charge in [-0.05, 0) is 193 Å². The molecule has 4 heteroatoms. The zero-order valence-electron chi connectivity index (χ0n) is 43.4. The van der Waals surface area contributed by atoms with E-state index in [0.717, 1.165) is 62.5 Å². The average Bonchev–Trinajstić information content (AvgIpc) is 4.01. The van der Waals surface area contributed by atoms with E-state index in [1.807, 2.05) is 0 Å². The number of fused-ring (bicyclic) bond motifs is 16. The highest BCUT2D eigenvalue weighted by molar-refractivity contribution is 6.30. The predicted octanol–water partition coefficient (Wildman–Crippen LogP) is 17.8. The van der Waals surface area contributed by atoms with Crippen LogP contribution in [-0.4, -0.2) is 20.4 Å². The fraction of sp³-hybridized carbons (Fsp3) is 0.515. The minimum atomic E-state index is -0.292. The molecule has 0 unspecified atom stereocenters. The Hall–Kier alpha value is -4.96. The summed E-state index contributed by atoms with van der Waals surface area (Å²) in [5.41, 5.74) is 14.7. The van der Waals surface area contributed by atoms with Gasteiger partial charge >= 0.3 is 0 Å². The van der Waals surface area contributed by atoms with Crippen LogP contribution < -0.4 is 0 Å². The summed E-state index contributed by atoms with van der Waals surface area (Å²) in [7, 11) is 0. The van der Waals surface area contributed by atoms with Gasteiger partial charge in [0, 0.05) is 65.0 Å². The highest BCUT2D eigenvalue weighted by Crippen LogP contribution is 2.60. The first kappa shape index (κ1) is 42.7. The third kappa shape index (κ3) is 5.06. The lowest BCUT2D eigenvalue weighted by molar-refractivity contribution is 0.0537. The van der Waals surface area contributed by atoms with E-state index in [1.54, 1.807) is 0 Å². The molecule has 70 heavy (non-hydrogen) atoms. The number of aromatic nitrogens is 2. The summed E-state index contributed by atoms with van der Waals surface area (Å²) in [4.78, 5) is 30.6. The molecule has 0 saturated heterocycles. The fourth-order valence-electron chi connectivity index (χ4n) is 17.7. The first-order chi connectivity index (χ1) is 33.5. The van der Waals surface area contributed by atoms with Crippen LogP contribution >= 0.6 is 0 Å². The molecule has 4 bridgehead atoms. The van der Waals surface area contributed by atoms with Gasteiger partial charge in [0.25, 0.3) is 0 Å². The second-order valence-electron chi connectivity index (χ2n) is 26.9. The third-order valence-corrected chi connectivity index (χ3v) is 22.9. The summed E-state index contributed by atoms with van der Waals surface area (Å²) in [5, 5.41) is 10.6. The van der Waals surface area contributed by atoms with Gasteiger partial charge in [-0.2, -0.15) is 0 Å². The summed E-state index contributed by atoms with van der Waals surface area (Å²) >= 11 is 0. The number of rotatable bonds is 4. The average molecular weight is 925 g/mol. The molecule has 0 atom stereocenters. The van der Waals surface area contributed by atoms with E-state index < -0.39 is 0 Å². The number of hydrogen-bond acceptors (Lipinski definition) is 2. The van der Waals surface area contributed by atoms with E-state index in [2.05, 4.69) is 125 Å². The highest BCUT2D eigenvalue weighted by atomic mass is 16.1. The number of benzene rings is 5. The lowest BCUT2D eigenvalue weighted by Crippen LogP contribution is -2.39. The van der Waals surface area contributed by atoms with Gasteiger partial charge in [-0.25, -0.2) is 0 Å². The summed E-state index contributed by atoms with van der Waals surface area (Å²) in [5.74, 6) is 1.39. The van der Waals surface area contributed by atoms with Crippen LogP contribution in [0.25, 0.3) is 76.2 Å². The van der Waals surface area contributed by atoms with Gasteiger partial charge in [0.15, 0.2) is 11.6 Å². The Kier molecular flexibility index (Phi) is 8.27. The van der Waals surface area contributed by atoms with Crippen LogP contribution in [0.4, 0.5) is 0 Å². The second kappa shape index (κ2) is 13.6. The first-order valence-corrected chi connectivity index (χ1v) is 28.2. The Labute approximate surface area is 413 Å². The maximum atomic E-state index is 15.3. The smallest absolute Gasteiger partial charge is 0.169 e. The Bertz CT molecular complexity index is 3530. The van der Waals surface area contributed by atoms with Gasteiger partial charge < -0.3 is 8.80 Å². The molecule has 17 rings (SSSR count). The van der Waals surface area contributed by atoms with Gasteiger partial charge in [-0.1, -0.05) is 93.9 Å². The predicted molar refractivity (Wildman–Crippen MR) is 291 cm³/mol. The van der Waals surface area contributed by atoms with Crippen LogP contribution in [0.5, 0.6) is 0 Å². The van der Waals surface area contributed by atoms with E-state index in [4.69, 9.17) is 0 Å². The first-order valence-electron chi connectivity index (χ1n) is 28.2. The van der Waals surface area contributed by atoms with Crippen molar-refractivity contribution in [3.8, 4) is 0 Å². The van der Waals surface area contributed by atoms with Crippen LogP contribution in [-0.2, 0) is 21.7 Å². The van der Waals surface area contributed by atoms with Gasteiger partial charge in [-0.15, -0.1) is 0 Å². The molecule has 4 aromatic heterocycles. The normalized spacial score (nSPS) is 28.9. The molecule has 9 aromatic rings. The van der Waals surface area contributed by atoms with Crippen molar-refractivity contribution in [2.24, 2.45) is 22.7 Å². The lowest BCUT2D eigenvalue weighted by atomic mass is 9.60. The summed E-state index contributed by atoms with van der Waals surface area (Å²) < 4.78 is 5.20. The van der Waals surface area contributed by atoms with Gasteiger partial charge in [0.05, 0.1) is 33.1 Å². The molecule has 4 saturated carbocycles. The molecule has 8 aliphatic rings. The molecular formula is C66H72N2O2. The largest absolute Gasteiger partial charge is 0.308 e. The Balaban J connectivity index is 1.09. The molecule has 0 spiro atoms. The Morgan fingerprint density at radius 2 is 0.671 bits per heavy atom. The molecule has 8 aliphatic carbocycles. The standard InChI is InChI=1S/C66H72N2O2/c1-37(2)65-23-19-63(7,20-24-65)51-31-41-45-27-39(61(5)15-11-9-12-16-61)29-47-43-34-54-44(33-53(43)67(57(45)47)55(41)35-49(51)59(65)69)48-30-40(62(6)17-13-10-14-18-62)28-46-42-32-52-50(36-56(42)68(54)58(46)48)60(70)66(38(3)4)25-21-64(52,8)22-26-66/h27-38H,9-26H2,1-8H3. The number of ketones is 2. The van der Waals surface area contributed by atoms with Crippen molar-refractivity contribution in [2.75, 3.05) is 0 Å². The molecule has 0 radical (unpaired) electrons. The summed E-state index contributed by atoms with van der Waals surface area (Å²) in [6.07, 6.45) is 20.9. The maximum Gasteiger partial charge on any atom is 0.169 e.